The van der Waals surface area contributed by atoms with Crippen LogP contribution in [-0.4, -0.2) is 55.5 Å². The maximum absolute atomic E-state index is 13.0. The number of thiophene rings is 1. The molecule has 5 rings (SSSR count). The zero-order valence-electron chi connectivity index (χ0n) is 20.0. The quantitative estimate of drug-likeness (QED) is 0.504. The van der Waals surface area contributed by atoms with Crippen LogP contribution in [-0.2, 0) is 12.8 Å². The van der Waals surface area contributed by atoms with Crippen molar-refractivity contribution in [1.82, 2.24) is 9.80 Å². The Morgan fingerprint density at radius 3 is 2.59 bits per heavy atom. The molecule has 1 fully saturated rings. The van der Waals surface area contributed by atoms with E-state index in [1.54, 1.807) is 29.7 Å². The molecule has 0 spiro atoms. The zero-order chi connectivity index (χ0) is 23.5. The molecule has 1 aliphatic heterocycles. The number of hydrogen-bond donors (Lipinski definition) is 1. The summed E-state index contributed by atoms with van der Waals surface area (Å²) in [7, 11) is 2.19. The summed E-state index contributed by atoms with van der Waals surface area (Å²) in [5, 5.41) is 4.19. The maximum Gasteiger partial charge on any atom is 0.291 e. The molecular formula is C27H33N3O3S. The number of furan rings is 1. The Morgan fingerprint density at radius 2 is 1.88 bits per heavy atom. The highest BCUT2D eigenvalue weighted by Gasteiger charge is 2.33. The Bertz CT molecular complexity index is 1100. The van der Waals surface area contributed by atoms with Gasteiger partial charge in [-0.05, 0) is 75.0 Å². The molecule has 3 heterocycles. The molecule has 0 bridgehead atoms. The molecule has 1 amide bonds. The molecule has 1 aromatic carbocycles. The standard InChI is InChI=1S/C27H33N3O3S/c1-3-32-20-12-10-19(11-13-20)25(30-16-14-29(2)15-17-30)24-21-7-4-5-9-23(21)34-27(24)28-26(31)22-8-6-18-33-22/h6,8,10-13,18,25H,3-5,7,9,14-17H2,1-2H3,(H,28,31). The van der Waals surface area contributed by atoms with E-state index in [2.05, 4.69) is 46.4 Å². The first-order valence-electron chi connectivity index (χ1n) is 12.3. The monoisotopic (exact) mass is 479 g/mol. The van der Waals surface area contributed by atoms with E-state index >= 15 is 0 Å². The fourth-order valence-corrected chi connectivity index (χ4v) is 6.41. The summed E-state index contributed by atoms with van der Waals surface area (Å²) < 4.78 is 11.1. The second kappa shape index (κ2) is 10.3. The molecule has 0 saturated carbocycles. The van der Waals surface area contributed by atoms with E-state index in [9.17, 15) is 4.79 Å². The van der Waals surface area contributed by atoms with Gasteiger partial charge in [0.1, 0.15) is 10.8 Å². The van der Waals surface area contributed by atoms with E-state index in [1.165, 1.54) is 34.4 Å². The van der Waals surface area contributed by atoms with E-state index in [0.29, 0.717) is 12.4 Å². The van der Waals surface area contributed by atoms with E-state index in [0.717, 1.165) is 49.8 Å². The minimum Gasteiger partial charge on any atom is -0.494 e. The van der Waals surface area contributed by atoms with E-state index in [-0.39, 0.29) is 11.9 Å². The molecule has 1 N–H and O–H groups in total. The van der Waals surface area contributed by atoms with Gasteiger partial charge in [0, 0.05) is 36.6 Å². The molecule has 0 radical (unpaired) electrons. The second-order valence-corrected chi connectivity index (χ2v) is 10.2. The number of anilines is 1. The molecule has 6 nitrogen and oxygen atoms in total. The molecule has 7 heteroatoms. The Labute approximate surface area is 205 Å². The van der Waals surface area contributed by atoms with E-state index < -0.39 is 0 Å². The fraction of sp³-hybridized carbons (Fsp3) is 0.444. The van der Waals surface area contributed by atoms with Gasteiger partial charge in [0.15, 0.2) is 5.76 Å². The molecule has 1 saturated heterocycles. The summed E-state index contributed by atoms with van der Waals surface area (Å²) in [5.74, 6) is 1.05. The van der Waals surface area contributed by atoms with E-state index in [4.69, 9.17) is 9.15 Å². The van der Waals surface area contributed by atoms with Crippen LogP contribution in [0.5, 0.6) is 5.75 Å². The van der Waals surface area contributed by atoms with E-state index in [1.807, 2.05) is 6.92 Å². The number of amides is 1. The minimum absolute atomic E-state index is 0.0920. The van der Waals surface area contributed by atoms with Crippen molar-refractivity contribution in [2.45, 2.75) is 38.6 Å². The lowest BCUT2D eigenvalue weighted by molar-refractivity contribution is 0.0996. The number of nitrogens with zero attached hydrogens (tertiary/aromatic N) is 2. The average molecular weight is 480 g/mol. The first-order valence-corrected chi connectivity index (χ1v) is 13.1. The number of ether oxygens (including phenoxy) is 1. The number of likely N-dealkylation sites (N-methyl/N-ethyl adjacent to an activating group) is 1. The van der Waals surface area contributed by atoms with Gasteiger partial charge in [-0.2, -0.15) is 0 Å². The number of aryl methyl sites for hydroxylation is 1. The van der Waals surface area contributed by atoms with Gasteiger partial charge >= 0.3 is 0 Å². The summed E-state index contributed by atoms with van der Waals surface area (Å²) in [6, 6.07) is 12.1. The molecule has 2 aliphatic rings. The molecule has 1 unspecified atom stereocenters. The number of carbonyl (C=O) groups excluding carboxylic acids is 1. The number of rotatable bonds is 7. The van der Waals surface area contributed by atoms with Crippen LogP contribution in [0.25, 0.3) is 0 Å². The fourth-order valence-electron chi connectivity index (χ4n) is 5.10. The first kappa shape index (κ1) is 23.1. The Balaban J connectivity index is 1.58. The van der Waals surface area contributed by atoms with Crippen molar-refractivity contribution in [1.29, 1.82) is 0 Å². The minimum atomic E-state index is -0.186. The molecule has 1 aliphatic carbocycles. The third-order valence-electron chi connectivity index (χ3n) is 6.87. The third-order valence-corrected chi connectivity index (χ3v) is 8.09. The topological polar surface area (TPSA) is 58.0 Å². The molecule has 34 heavy (non-hydrogen) atoms. The lowest BCUT2D eigenvalue weighted by Crippen LogP contribution is -2.46. The van der Waals surface area contributed by atoms with Crippen molar-refractivity contribution in [3.05, 3.63) is 70.0 Å². The molecular weight excluding hydrogens is 446 g/mol. The number of fused-ring (bicyclic) bond motifs is 1. The van der Waals surface area contributed by atoms with Crippen LogP contribution in [0, 0.1) is 0 Å². The first-order chi connectivity index (χ1) is 16.6. The van der Waals surface area contributed by atoms with Crippen LogP contribution >= 0.6 is 11.3 Å². The Kier molecular flexibility index (Phi) is 7.04. The SMILES string of the molecule is CCOc1ccc(C(c2c(NC(=O)c3ccco3)sc3c2CCCC3)N2CCN(C)CC2)cc1. The third kappa shape index (κ3) is 4.78. The summed E-state index contributed by atoms with van der Waals surface area (Å²) in [6.07, 6.45) is 6.10. The Hall–Kier alpha value is -2.61. The van der Waals surface area contributed by atoms with Gasteiger partial charge < -0.3 is 19.4 Å². The summed E-state index contributed by atoms with van der Waals surface area (Å²) in [4.78, 5) is 19.4. The van der Waals surface area contributed by atoms with Crippen molar-refractivity contribution in [3.63, 3.8) is 0 Å². The van der Waals surface area contributed by atoms with Crippen molar-refractivity contribution < 1.29 is 13.9 Å². The predicted molar refractivity (Wildman–Crippen MR) is 136 cm³/mol. The largest absolute Gasteiger partial charge is 0.494 e. The van der Waals surface area contributed by atoms with Gasteiger partial charge in [-0.1, -0.05) is 12.1 Å². The van der Waals surface area contributed by atoms with Crippen LogP contribution < -0.4 is 10.1 Å². The van der Waals surface area contributed by atoms with Crippen molar-refractivity contribution in [2.75, 3.05) is 45.2 Å². The zero-order valence-corrected chi connectivity index (χ0v) is 20.8. The highest BCUT2D eigenvalue weighted by Crippen LogP contribution is 2.46. The van der Waals surface area contributed by atoms with Gasteiger partial charge in [-0.15, -0.1) is 11.3 Å². The van der Waals surface area contributed by atoms with Gasteiger partial charge in [-0.3, -0.25) is 9.69 Å². The van der Waals surface area contributed by atoms with Crippen LogP contribution in [0.15, 0.2) is 47.1 Å². The molecule has 3 aromatic rings. The van der Waals surface area contributed by atoms with Gasteiger partial charge in [-0.25, -0.2) is 0 Å². The average Bonchev–Trinajstić information content (AvgIpc) is 3.51. The van der Waals surface area contributed by atoms with Crippen LogP contribution in [0.1, 0.15) is 57.9 Å². The van der Waals surface area contributed by atoms with Crippen molar-refractivity contribution >= 4 is 22.2 Å². The summed E-state index contributed by atoms with van der Waals surface area (Å²) >= 11 is 1.75. The maximum atomic E-state index is 13.0. The second-order valence-electron chi connectivity index (χ2n) is 9.13. The lowest BCUT2D eigenvalue weighted by atomic mass is 9.88. The number of piperazine rings is 1. The Morgan fingerprint density at radius 1 is 1.12 bits per heavy atom. The normalized spacial score (nSPS) is 17.8. The van der Waals surface area contributed by atoms with Gasteiger partial charge in [0.25, 0.3) is 5.91 Å². The number of nitrogens with one attached hydrogen (secondary N) is 1. The lowest BCUT2D eigenvalue weighted by Gasteiger charge is -2.39. The smallest absolute Gasteiger partial charge is 0.291 e. The van der Waals surface area contributed by atoms with Crippen molar-refractivity contribution in [3.8, 4) is 5.75 Å². The number of benzene rings is 1. The number of carbonyl (C=O) groups is 1. The summed E-state index contributed by atoms with van der Waals surface area (Å²) in [5.41, 5.74) is 3.95. The van der Waals surface area contributed by atoms with Crippen LogP contribution in [0.4, 0.5) is 5.00 Å². The van der Waals surface area contributed by atoms with Crippen LogP contribution in [0.2, 0.25) is 0 Å². The highest BCUT2D eigenvalue weighted by atomic mass is 32.1. The number of hydrogen-bond acceptors (Lipinski definition) is 6. The molecule has 2 aromatic heterocycles. The van der Waals surface area contributed by atoms with Gasteiger partial charge in [0.2, 0.25) is 0 Å². The predicted octanol–water partition coefficient (Wildman–Crippen LogP) is 5.21. The van der Waals surface area contributed by atoms with Gasteiger partial charge in [0.05, 0.1) is 18.9 Å². The molecule has 1 atom stereocenters. The molecule has 180 valence electrons. The summed E-state index contributed by atoms with van der Waals surface area (Å²) in [6.45, 7) is 6.71. The van der Waals surface area contributed by atoms with Crippen molar-refractivity contribution in [2.24, 2.45) is 0 Å². The van der Waals surface area contributed by atoms with Crippen LogP contribution in [0.3, 0.4) is 0 Å². The highest BCUT2D eigenvalue weighted by molar-refractivity contribution is 7.16.